The third-order valence-electron chi connectivity index (χ3n) is 4.04. The van der Waals surface area contributed by atoms with Gasteiger partial charge in [0.05, 0.1) is 0 Å². The Labute approximate surface area is 135 Å². The molecule has 0 bridgehead atoms. The second kappa shape index (κ2) is 14.5. The number of primary amides is 4. The summed E-state index contributed by atoms with van der Waals surface area (Å²) in [6.07, 6.45) is 16.3. The summed E-state index contributed by atoms with van der Waals surface area (Å²) < 4.78 is 0. The number of carbonyl (C=O) groups is 2. The maximum atomic E-state index is 9.00. The molecule has 6 nitrogen and oxygen atoms in total. The molecule has 0 aromatic rings. The van der Waals surface area contributed by atoms with Crippen LogP contribution in [-0.4, -0.2) is 12.1 Å². The number of nitrogens with two attached hydrogens (primary N) is 4. The number of unbranched alkanes of at least 4 members (excludes halogenated alkanes) is 2. The molecule has 0 radical (unpaired) electrons. The van der Waals surface area contributed by atoms with E-state index in [-0.39, 0.29) is 0 Å². The molecule has 0 atom stereocenters. The summed E-state index contributed by atoms with van der Waals surface area (Å²) in [7, 11) is 0. The molecule has 132 valence electrons. The number of amides is 4. The molecule has 0 aliphatic heterocycles. The highest BCUT2D eigenvalue weighted by atomic mass is 16.2. The van der Waals surface area contributed by atoms with Crippen LogP contribution in [0.15, 0.2) is 0 Å². The molecule has 0 heterocycles. The van der Waals surface area contributed by atoms with Crippen molar-refractivity contribution < 1.29 is 9.59 Å². The molecule has 22 heavy (non-hydrogen) atoms. The molecule has 0 aromatic heterocycles. The van der Waals surface area contributed by atoms with Gasteiger partial charge in [0.2, 0.25) is 0 Å². The lowest BCUT2D eigenvalue weighted by Crippen LogP contribution is -2.24. The largest absolute Gasteiger partial charge is 0.352 e. The number of rotatable bonds is 6. The second-order valence-electron chi connectivity index (χ2n) is 6.07. The molecule has 1 aliphatic carbocycles. The molecular formula is C16H36N4O2. The normalized spacial score (nSPS) is 15.5. The van der Waals surface area contributed by atoms with E-state index in [4.69, 9.17) is 9.59 Å². The first-order valence-corrected chi connectivity index (χ1v) is 8.39. The third kappa shape index (κ3) is 16.6. The molecule has 1 saturated carbocycles. The highest BCUT2D eigenvalue weighted by molar-refractivity contribution is 5.69. The number of carbonyl (C=O) groups excluding carboxylic acids is 2. The molecule has 1 fully saturated rings. The van der Waals surface area contributed by atoms with Gasteiger partial charge in [-0.05, 0) is 31.1 Å². The summed E-state index contributed by atoms with van der Waals surface area (Å²) in [6.45, 7) is 4.66. The fraction of sp³-hybridized carbons (Fsp3) is 0.875. The minimum atomic E-state index is -0.833. The molecule has 4 amide bonds. The minimum Gasteiger partial charge on any atom is -0.352 e. The van der Waals surface area contributed by atoms with Gasteiger partial charge >= 0.3 is 12.1 Å². The van der Waals surface area contributed by atoms with E-state index in [1.165, 1.54) is 70.6 Å². The van der Waals surface area contributed by atoms with Crippen LogP contribution in [0, 0.1) is 5.41 Å². The minimum absolute atomic E-state index is 0.782. The van der Waals surface area contributed by atoms with E-state index in [2.05, 4.69) is 36.8 Å². The Morgan fingerprint density at radius 3 is 1.36 bits per heavy atom. The van der Waals surface area contributed by atoms with Crippen LogP contribution in [-0.2, 0) is 0 Å². The number of hydrogen-bond acceptors (Lipinski definition) is 2. The lowest BCUT2D eigenvalue weighted by Gasteiger charge is -2.37. The van der Waals surface area contributed by atoms with Crippen LogP contribution < -0.4 is 22.9 Å². The molecule has 0 spiro atoms. The van der Waals surface area contributed by atoms with Gasteiger partial charge in [-0.1, -0.05) is 58.8 Å². The van der Waals surface area contributed by atoms with Crippen molar-refractivity contribution in [1.29, 1.82) is 0 Å². The highest BCUT2D eigenvalue weighted by Crippen LogP contribution is 2.44. The van der Waals surface area contributed by atoms with Gasteiger partial charge in [-0.15, -0.1) is 0 Å². The van der Waals surface area contributed by atoms with Crippen molar-refractivity contribution in [1.82, 2.24) is 0 Å². The van der Waals surface area contributed by atoms with Gasteiger partial charge in [0.25, 0.3) is 0 Å². The monoisotopic (exact) mass is 316 g/mol. The average molecular weight is 316 g/mol. The summed E-state index contributed by atoms with van der Waals surface area (Å²) in [5.41, 5.74) is 17.8. The summed E-state index contributed by atoms with van der Waals surface area (Å²) in [5.74, 6) is 0. The zero-order valence-electron chi connectivity index (χ0n) is 14.4. The van der Waals surface area contributed by atoms with E-state index in [0.29, 0.717) is 0 Å². The van der Waals surface area contributed by atoms with Crippen LogP contribution in [0.4, 0.5) is 9.59 Å². The third-order valence-corrected chi connectivity index (χ3v) is 4.04. The predicted octanol–water partition coefficient (Wildman–Crippen LogP) is 3.36. The summed E-state index contributed by atoms with van der Waals surface area (Å²) >= 11 is 0. The maximum absolute atomic E-state index is 9.00. The van der Waals surface area contributed by atoms with Gasteiger partial charge in [0.1, 0.15) is 0 Å². The van der Waals surface area contributed by atoms with E-state index in [9.17, 15) is 0 Å². The van der Waals surface area contributed by atoms with Crippen molar-refractivity contribution in [2.45, 2.75) is 84.5 Å². The van der Waals surface area contributed by atoms with E-state index in [1.54, 1.807) is 0 Å². The van der Waals surface area contributed by atoms with Gasteiger partial charge in [-0.3, -0.25) is 0 Å². The van der Waals surface area contributed by atoms with Crippen LogP contribution in [0.2, 0.25) is 0 Å². The van der Waals surface area contributed by atoms with E-state index >= 15 is 0 Å². The van der Waals surface area contributed by atoms with Gasteiger partial charge < -0.3 is 22.9 Å². The Hall–Kier alpha value is -1.46. The van der Waals surface area contributed by atoms with Gasteiger partial charge in [-0.25, -0.2) is 9.59 Å². The Balaban J connectivity index is 0. The average Bonchev–Trinajstić information content (AvgIpc) is 2.43. The Kier molecular flexibility index (Phi) is 15.0. The first-order valence-electron chi connectivity index (χ1n) is 8.39. The van der Waals surface area contributed by atoms with Crippen LogP contribution in [0.5, 0.6) is 0 Å². The van der Waals surface area contributed by atoms with Crippen molar-refractivity contribution in [3.8, 4) is 0 Å². The van der Waals surface area contributed by atoms with Crippen molar-refractivity contribution in [3.63, 3.8) is 0 Å². The summed E-state index contributed by atoms with van der Waals surface area (Å²) in [5, 5.41) is 0. The Morgan fingerprint density at radius 2 is 1.09 bits per heavy atom. The van der Waals surface area contributed by atoms with Crippen LogP contribution in [0.25, 0.3) is 0 Å². The van der Waals surface area contributed by atoms with Crippen LogP contribution in [0.1, 0.15) is 84.5 Å². The molecule has 0 aromatic carbocycles. The van der Waals surface area contributed by atoms with Gasteiger partial charge in [0, 0.05) is 0 Å². The van der Waals surface area contributed by atoms with E-state index in [1.807, 2.05) is 0 Å². The topological polar surface area (TPSA) is 138 Å². The highest BCUT2D eigenvalue weighted by Gasteiger charge is 2.30. The summed E-state index contributed by atoms with van der Waals surface area (Å²) in [6, 6.07) is -1.67. The van der Waals surface area contributed by atoms with Gasteiger partial charge in [0.15, 0.2) is 0 Å². The number of urea groups is 2. The Bertz CT molecular complexity index is 260. The Morgan fingerprint density at radius 1 is 0.773 bits per heavy atom. The molecule has 1 aliphatic rings. The van der Waals surface area contributed by atoms with E-state index in [0.717, 1.165) is 5.41 Å². The number of hydrogen-bond donors (Lipinski definition) is 4. The zero-order chi connectivity index (χ0) is 17.4. The smallest absolute Gasteiger partial charge is 0.309 e. The van der Waals surface area contributed by atoms with Crippen LogP contribution >= 0.6 is 0 Å². The molecule has 6 heteroatoms. The maximum Gasteiger partial charge on any atom is 0.309 e. The lowest BCUT2D eigenvalue weighted by molar-refractivity contribution is 0.149. The molecule has 0 unspecified atom stereocenters. The predicted molar refractivity (Wildman–Crippen MR) is 92.1 cm³/mol. The molecule has 1 rings (SSSR count). The second-order valence-corrected chi connectivity index (χ2v) is 6.07. The lowest BCUT2D eigenvalue weighted by atomic mass is 9.68. The first-order chi connectivity index (χ1) is 10.3. The standard InChI is InChI=1S/C14H28.2CH4N2O/c1-3-5-10-14(11-6-4-2)12-8-7-9-13-14;2*2-1(3)4/h3-13H2,1-2H3;2*(H4,2,3,4). The van der Waals surface area contributed by atoms with Crippen molar-refractivity contribution in [2.24, 2.45) is 28.3 Å². The SMILES string of the molecule is CCCCC1(CCCC)CCCCC1.NC(N)=O.NC(N)=O. The molecule has 0 saturated heterocycles. The quantitative estimate of drug-likeness (QED) is 0.597. The van der Waals surface area contributed by atoms with Crippen LogP contribution in [0.3, 0.4) is 0 Å². The fourth-order valence-electron chi connectivity index (χ4n) is 3.03. The van der Waals surface area contributed by atoms with Crippen molar-refractivity contribution in [3.05, 3.63) is 0 Å². The van der Waals surface area contributed by atoms with Gasteiger partial charge in [-0.2, -0.15) is 0 Å². The first kappa shape index (κ1) is 22.8. The van der Waals surface area contributed by atoms with Crippen molar-refractivity contribution >= 4 is 12.1 Å². The zero-order valence-corrected chi connectivity index (χ0v) is 14.4. The fourth-order valence-corrected chi connectivity index (χ4v) is 3.03. The summed E-state index contributed by atoms with van der Waals surface area (Å²) in [4.78, 5) is 18.0. The molecule has 8 N–H and O–H groups in total. The molecular weight excluding hydrogens is 280 g/mol. The van der Waals surface area contributed by atoms with E-state index < -0.39 is 12.1 Å². The van der Waals surface area contributed by atoms with Crippen molar-refractivity contribution in [2.75, 3.05) is 0 Å².